The monoisotopic (exact) mass is 317 g/mol. The first kappa shape index (κ1) is 16.2. The van der Waals surface area contributed by atoms with E-state index in [2.05, 4.69) is 22.9 Å². The molecule has 0 saturated carbocycles. The summed E-state index contributed by atoms with van der Waals surface area (Å²) >= 11 is 7.71. The smallest absolute Gasteiger partial charge is 0.180 e. The van der Waals surface area contributed by atoms with E-state index >= 15 is 0 Å². The lowest BCUT2D eigenvalue weighted by atomic mass is 10.2. The number of hydrogen-bond acceptors (Lipinski definition) is 4. The summed E-state index contributed by atoms with van der Waals surface area (Å²) in [5.74, 6) is 0. The summed E-state index contributed by atoms with van der Waals surface area (Å²) in [6.07, 6.45) is 1.84. The molecular weight excluding hydrogens is 301 g/mol. The highest BCUT2D eigenvalue weighted by Crippen LogP contribution is 2.20. The van der Waals surface area contributed by atoms with Crippen molar-refractivity contribution in [2.24, 2.45) is 0 Å². The highest BCUT2D eigenvalue weighted by atomic mass is 35.5. The fourth-order valence-electron chi connectivity index (χ4n) is 1.76. The highest BCUT2D eigenvalue weighted by molar-refractivity contribution is 7.15. The number of rotatable bonds is 5. The third kappa shape index (κ3) is 4.66. The van der Waals surface area contributed by atoms with Crippen LogP contribution in [-0.4, -0.2) is 16.4 Å². The lowest BCUT2D eigenvalue weighted by molar-refractivity contribution is 0.274. The van der Waals surface area contributed by atoms with Gasteiger partial charge in [-0.2, -0.15) is 0 Å². The summed E-state index contributed by atoms with van der Waals surface area (Å²) in [5.41, 5.74) is 6.79. The molecule has 2 aromatic rings. The normalized spacial score (nSPS) is 10.5. The Morgan fingerprint density at radius 3 is 2.63 bits per heavy atom. The number of anilines is 1. The zero-order chi connectivity index (χ0) is 13.0. The maximum absolute atomic E-state index is 6.18. The van der Waals surface area contributed by atoms with E-state index in [1.165, 1.54) is 16.2 Å². The molecule has 0 amide bonds. The summed E-state index contributed by atoms with van der Waals surface area (Å²) < 4.78 is 0. The summed E-state index contributed by atoms with van der Waals surface area (Å²) in [7, 11) is 0. The van der Waals surface area contributed by atoms with Crippen LogP contribution in [0.1, 0.15) is 17.4 Å². The molecule has 0 aliphatic heterocycles. The molecular formula is C13H17Cl2N3S. The molecule has 1 heterocycles. The van der Waals surface area contributed by atoms with E-state index in [-0.39, 0.29) is 12.4 Å². The summed E-state index contributed by atoms with van der Waals surface area (Å²) in [6, 6.07) is 7.95. The van der Waals surface area contributed by atoms with Crippen LogP contribution in [0.15, 0.2) is 30.5 Å². The Hall–Kier alpha value is -0.810. The molecule has 0 atom stereocenters. The number of nitrogens with zero attached hydrogens (tertiary/aromatic N) is 2. The van der Waals surface area contributed by atoms with Gasteiger partial charge in [-0.15, -0.1) is 23.7 Å². The van der Waals surface area contributed by atoms with E-state index in [1.807, 2.05) is 24.4 Å². The van der Waals surface area contributed by atoms with Gasteiger partial charge in [0.05, 0.1) is 0 Å². The Morgan fingerprint density at radius 2 is 2.05 bits per heavy atom. The summed E-state index contributed by atoms with van der Waals surface area (Å²) in [4.78, 5) is 7.57. The van der Waals surface area contributed by atoms with Gasteiger partial charge in [-0.25, -0.2) is 4.98 Å². The molecule has 3 nitrogen and oxygen atoms in total. The van der Waals surface area contributed by atoms with E-state index in [0.717, 1.165) is 30.2 Å². The number of aromatic nitrogens is 1. The highest BCUT2D eigenvalue weighted by Gasteiger charge is 2.09. The van der Waals surface area contributed by atoms with Crippen molar-refractivity contribution in [3.05, 3.63) is 45.9 Å². The van der Waals surface area contributed by atoms with Gasteiger partial charge in [-0.05, 0) is 18.2 Å². The molecule has 0 saturated heterocycles. The molecule has 1 aromatic carbocycles. The van der Waals surface area contributed by atoms with Crippen molar-refractivity contribution in [3.8, 4) is 0 Å². The van der Waals surface area contributed by atoms with Crippen molar-refractivity contribution >= 4 is 40.5 Å². The van der Waals surface area contributed by atoms with Crippen molar-refractivity contribution in [3.63, 3.8) is 0 Å². The van der Waals surface area contributed by atoms with Crippen LogP contribution in [0, 0.1) is 0 Å². The largest absolute Gasteiger partial charge is 0.375 e. The fraction of sp³-hybridized carbons (Fsp3) is 0.308. The van der Waals surface area contributed by atoms with Crippen LogP contribution in [0.25, 0.3) is 0 Å². The Labute approximate surface area is 128 Å². The van der Waals surface area contributed by atoms with Crippen LogP contribution < -0.4 is 5.73 Å². The first-order chi connectivity index (χ1) is 8.69. The first-order valence-electron chi connectivity index (χ1n) is 5.85. The molecule has 1 aromatic heterocycles. The summed E-state index contributed by atoms with van der Waals surface area (Å²) in [5, 5.41) is 1.44. The predicted molar refractivity (Wildman–Crippen MR) is 85.0 cm³/mol. The second-order valence-corrected chi connectivity index (χ2v) is 5.61. The molecule has 0 aliphatic rings. The molecule has 0 spiro atoms. The number of thiazole rings is 1. The van der Waals surface area contributed by atoms with E-state index in [9.17, 15) is 0 Å². The van der Waals surface area contributed by atoms with Gasteiger partial charge < -0.3 is 5.73 Å². The lowest BCUT2D eigenvalue weighted by Crippen LogP contribution is -2.21. The van der Waals surface area contributed by atoms with Gasteiger partial charge in [0.15, 0.2) is 5.13 Å². The average Bonchev–Trinajstić information content (AvgIpc) is 2.76. The first-order valence-corrected chi connectivity index (χ1v) is 7.04. The van der Waals surface area contributed by atoms with Gasteiger partial charge in [0.25, 0.3) is 0 Å². The Morgan fingerprint density at radius 1 is 1.32 bits per heavy atom. The molecule has 2 rings (SSSR count). The standard InChI is InChI=1S/C13H16ClN3S.ClH/c1-2-17(9-11-7-16-13(15)18-11)8-10-5-3-4-6-12(10)14;/h3-7H,2,8-9H2,1H3,(H2,15,16);1H. The molecule has 19 heavy (non-hydrogen) atoms. The second-order valence-electron chi connectivity index (χ2n) is 4.06. The Balaban J connectivity index is 0.00000180. The van der Waals surface area contributed by atoms with Crippen LogP contribution >= 0.6 is 35.3 Å². The van der Waals surface area contributed by atoms with E-state index in [1.54, 1.807) is 0 Å². The molecule has 104 valence electrons. The van der Waals surface area contributed by atoms with E-state index < -0.39 is 0 Å². The van der Waals surface area contributed by atoms with Gasteiger partial charge in [0.2, 0.25) is 0 Å². The van der Waals surface area contributed by atoms with Gasteiger partial charge in [0.1, 0.15) is 0 Å². The third-order valence-electron chi connectivity index (χ3n) is 2.75. The number of nitrogen functional groups attached to an aromatic ring is 1. The minimum absolute atomic E-state index is 0. The maximum Gasteiger partial charge on any atom is 0.180 e. The van der Waals surface area contributed by atoms with Crippen LogP contribution in [0.5, 0.6) is 0 Å². The third-order valence-corrected chi connectivity index (χ3v) is 3.93. The van der Waals surface area contributed by atoms with Crippen LogP contribution in [0.3, 0.4) is 0 Å². The molecule has 0 bridgehead atoms. The van der Waals surface area contributed by atoms with Crippen LogP contribution in [0.4, 0.5) is 5.13 Å². The number of benzene rings is 1. The molecule has 0 aliphatic carbocycles. The minimum atomic E-state index is 0. The zero-order valence-electron chi connectivity index (χ0n) is 10.7. The van der Waals surface area contributed by atoms with Crippen molar-refractivity contribution < 1.29 is 0 Å². The quantitative estimate of drug-likeness (QED) is 0.911. The topological polar surface area (TPSA) is 42.2 Å². The van der Waals surface area contributed by atoms with Crippen molar-refractivity contribution in [1.82, 2.24) is 9.88 Å². The molecule has 0 fully saturated rings. The van der Waals surface area contributed by atoms with E-state index in [4.69, 9.17) is 17.3 Å². The minimum Gasteiger partial charge on any atom is -0.375 e. The van der Waals surface area contributed by atoms with Gasteiger partial charge in [0, 0.05) is 29.2 Å². The molecule has 0 radical (unpaired) electrons. The molecule has 6 heteroatoms. The molecule has 0 unspecified atom stereocenters. The zero-order valence-corrected chi connectivity index (χ0v) is 13.1. The average molecular weight is 318 g/mol. The van der Waals surface area contributed by atoms with Gasteiger partial charge >= 0.3 is 0 Å². The second kappa shape index (κ2) is 7.70. The number of halogens is 2. The van der Waals surface area contributed by atoms with E-state index in [0.29, 0.717) is 5.13 Å². The SMILES string of the molecule is CCN(Cc1cnc(N)s1)Cc1ccccc1Cl.Cl. The van der Waals surface area contributed by atoms with Gasteiger partial charge in [-0.3, -0.25) is 4.90 Å². The lowest BCUT2D eigenvalue weighted by Gasteiger charge is -2.20. The van der Waals surface area contributed by atoms with Crippen molar-refractivity contribution in [2.45, 2.75) is 20.0 Å². The fourth-order valence-corrected chi connectivity index (χ4v) is 2.69. The summed E-state index contributed by atoms with van der Waals surface area (Å²) in [6.45, 7) is 4.80. The Kier molecular flexibility index (Phi) is 6.58. The van der Waals surface area contributed by atoms with Crippen LogP contribution in [-0.2, 0) is 13.1 Å². The predicted octanol–water partition coefficient (Wildman–Crippen LogP) is 3.82. The van der Waals surface area contributed by atoms with Crippen LogP contribution in [0.2, 0.25) is 5.02 Å². The maximum atomic E-state index is 6.18. The number of hydrogen-bond donors (Lipinski definition) is 1. The van der Waals surface area contributed by atoms with Crippen molar-refractivity contribution in [2.75, 3.05) is 12.3 Å². The Bertz CT molecular complexity index is 516. The van der Waals surface area contributed by atoms with Crippen molar-refractivity contribution in [1.29, 1.82) is 0 Å². The number of nitrogens with two attached hydrogens (primary N) is 1. The van der Waals surface area contributed by atoms with Gasteiger partial charge in [-0.1, -0.05) is 36.7 Å². The molecule has 2 N–H and O–H groups in total.